The lowest BCUT2D eigenvalue weighted by Crippen LogP contribution is -2.27. The number of ether oxygens (including phenoxy) is 2. The van der Waals surface area contributed by atoms with Gasteiger partial charge in [-0.2, -0.15) is 0 Å². The van der Waals surface area contributed by atoms with Crippen LogP contribution in [0.3, 0.4) is 0 Å². The molecule has 2 aliphatic rings. The summed E-state index contributed by atoms with van der Waals surface area (Å²) >= 11 is 1.51. The molecule has 0 radical (unpaired) electrons. The number of thioether (sulfide) groups is 1. The number of nitrogens with one attached hydrogen (secondary N) is 1. The fourth-order valence-corrected chi connectivity index (χ4v) is 4.43. The molecule has 7 heteroatoms. The van der Waals surface area contributed by atoms with Gasteiger partial charge in [-0.25, -0.2) is 4.79 Å². The van der Waals surface area contributed by atoms with Gasteiger partial charge in [0.05, 0.1) is 24.3 Å². The Morgan fingerprint density at radius 3 is 2.68 bits per heavy atom. The molecule has 1 amide bonds. The molecule has 22 heavy (non-hydrogen) atoms. The van der Waals surface area contributed by atoms with Gasteiger partial charge < -0.3 is 14.8 Å². The molecule has 0 aromatic carbocycles. The lowest BCUT2D eigenvalue weighted by atomic mass is 9.84. The highest BCUT2D eigenvalue weighted by molar-refractivity contribution is 8.04. The summed E-state index contributed by atoms with van der Waals surface area (Å²) in [5, 5.41) is 3.54. The molecule has 0 saturated heterocycles. The van der Waals surface area contributed by atoms with Crippen LogP contribution in [0.15, 0.2) is 10.6 Å². The normalized spacial score (nSPS) is 23.7. The number of fused-ring (bicyclic) bond motifs is 1. The van der Waals surface area contributed by atoms with Crippen LogP contribution < -0.4 is 5.32 Å². The van der Waals surface area contributed by atoms with E-state index in [1.807, 2.05) is 0 Å². The Balaban J connectivity index is 2.15. The van der Waals surface area contributed by atoms with E-state index in [2.05, 4.69) is 10.1 Å². The minimum absolute atomic E-state index is 0.131. The molecule has 1 N–H and O–H groups in total. The summed E-state index contributed by atoms with van der Waals surface area (Å²) in [7, 11) is 1.23. The third-order valence-electron chi connectivity index (χ3n) is 3.87. The van der Waals surface area contributed by atoms with Gasteiger partial charge in [-0.1, -0.05) is 12.8 Å². The average molecular weight is 327 g/mol. The molecule has 2 rings (SSSR count). The van der Waals surface area contributed by atoms with E-state index in [4.69, 9.17) is 4.74 Å². The first kappa shape index (κ1) is 16.9. The summed E-state index contributed by atoms with van der Waals surface area (Å²) in [6.45, 7) is 2.06. The van der Waals surface area contributed by atoms with Gasteiger partial charge in [0.2, 0.25) is 5.91 Å². The largest absolute Gasteiger partial charge is 0.469 e. The molecule has 1 aliphatic heterocycles. The van der Waals surface area contributed by atoms with Gasteiger partial charge in [0.1, 0.15) is 6.42 Å². The van der Waals surface area contributed by atoms with E-state index in [0.29, 0.717) is 22.5 Å². The van der Waals surface area contributed by atoms with Gasteiger partial charge in [-0.3, -0.25) is 9.59 Å². The number of hydrogen-bond donors (Lipinski definition) is 1. The fraction of sp³-hybridized carbons (Fsp3) is 0.667. The zero-order valence-corrected chi connectivity index (χ0v) is 13.7. The van der Waals surface area contributed by atoms with E-state index in [9.17, 15) is 14.4 Å². The van der Waals surface area contributed by atoms with E-state index in [-0.39, 0.29) is 18.3 Å². The second-order valence-electron chi connectivity index (χ2n) is 5.31. The third-order valence-corrected chi connectivity index (χ3v) is 5.29. The molecule has 0 spiro atoms. The fourth-order valence-electron chi connectivity index (χ4n) is 2.88. The highest BCUT2D eigenvalue weighted by Gasteiger charge is 2.41. The molecule has 1 heterocycles. The first-order valence-corrected chi connectivity index (χ1v) is 8.39. The van der Waals surface area contributed by atoms with Crippen LogP contribution in [0, 0.1) is 5.92 Å². The maximum Gasteiger partial charge on any atom is 0.336 e. The van der Waals surface area contributed by atoms with Crippen LogP contribution >= 0.6 is 11.8 Å². The van der Waals surface area contributed by atoms with Crippen LogP contribution in [-0.4, -0.2) is 36.8 Å². The molecule has 2 atom stereocenters. The van der Waals surface area contributed by atoms with Crippen LogP contribution in [0.2, 0.25) is 0 Å². The molecular formula is C15H21NO5S. The zero-order chi connectivity index (χ0) is 16.1. The van der Waals surface area contributed by atoms with Gasteiger partial charge in [0.15, 0.2) is 0 Å². The summed E-state index contributed by atoms with van der Waals surface area (Å²) in [4.78, 5) is 35.3. The molecule has 6 nitrogen and oxygen atoms in total. The van der Waals surface area contributed by atoms with Gasteiger partial charge in [-0.15, -0.1) is 11.8 Å². The Hall–Kier alpha value is -1.50. The van der Waals surface area contributed by atoms with Crippen LogP contribution in [-0.2, 0) is 23.9 Å². The van der Waals surface area contributed by atoms with Crippen molar-refractivity contribution in [2.45, 2.75) is 44.3 Å². The van der Waals surface area contributed by atoms with Crippen molar-refractivity contribution in [3.63, 3.8) is 0 Å². The SMILES string of the molecule is CCOC(=O)C1=C(NC(=O)CC(=O)OC)SC2CCCCC12. The molecule has 1 saturated carbocycles. The van der Waals surface area contributed by atoms with Gasteiger partial charge >= 0.3 is 11.9 Å². The topological polar surface area (TPSA) is 81.7 Å². The van der Waals surface area contributed by atoms with E-state index in [1.165, 1.54) is 18.9 Å². The number of carbonyl (C=O) groups excluding carboxylic acids is 3. The molecule has 0 aromatic rings. The minimum Gasteiger partial charge on any atom is -0.469 e. The summed E-state index contributed by atoms with van der Waals surface area (Å²) in [5.74, 6) is -1.30. The molecule has 0 bridgehead atoms. The Kier molecular flexibility index (Phi) is 5.88. The highest BCUT2D eigenvalue weighted by Crippen LogP contribution is 2.48. The van der Waals surface area contributed by atoms with Crippen molar-refractivity contribution in [1.82, 2.24) is 5.32 Å². The smallest absolute Gasteiger partial charge is 0.336 e. The zero-order valence-electron chi connectivity index (χ0n) is 12.8. The number of esters is 2. The van der Waals surface area contributed by atoms with Crippen molar-refractivity contribution in [3.05, 3.63) is 10.6 Å². The first-order valence-electron chi connectivity index (χ1n) is 7.51. The quantitative estimate of drug-likeness (QED) is 0.612. The standard InChI is InChI=1S/C15H21NO5S/c1-3-21-15(19)13-9-6-4-5-7-10(9)22-14(13)16-11(17)8-12(18)20-2/h9-10H,3-8H2,1-2H3,(H,16,17). The van der Waals surface area contributed by atoms with E-state index < -0.39 is 11.9 Å². The molecule has 2 unspecified atom stereocenters. The lowest BCUT2D eigenvalue weighted by molar-refractivity contribution is -0.143. The number of rotatable bonds is 5. The van der Waals surface area contributed by atoms with Crippen molar-refractivity contribution in [1.29, 1.82) is 0 Å². The predicted molar refractivity (Wildman–Crippen MR) is 81.8 cm³/mol. The highest BCUT2D eigenvalue weighted by atomic mass is 32.2. The Labute approximate surface area is 134 Å². The van der Waals surface area contributed by atoms with Crippen LogP contribution in [0.25, 0.3) is 0 Å². The van der Waals surface area contributed by atoms with Crippen molar-refractivity contribution in [2.24, 2.45) is 5.92 Å². The van der Waals surface area contributed by atoms with Gasteiger partial charge in [-0.05, 0) is 19.8 Å². The molecular weight excluding hydrogens is 306 g/mol. The van der Waals surface area contributed by atoms with E-state index in [0.717, 1.165) is 25.7 Å². The minimum atomic E-state index is -0.601. The molecule has 122 valence electrons. The Morgan fingerprint density at radius 2 is 2.00 bits per heavy atom. The van der Waals surface area contributed by atoms with E-state index in [1.54, 1.807) is 6.92 Å². The van der Waals surface area contributed by atoms with Crippen LogP contribution in [0.4, 0.5) is 0 Å². The van der Waals surface area contributed by atoms with Gasteiger partial charge in [0.25, 0.3) is 0 Å². The first-order chi connectivity index (χ1) is 10.6. The number of methoxy groups -OCH3 is 1. The van der Waals surface area contributed by atoms with Crippen molar-refractivity contribution in [3.8, 4) is 0 Å². The van der Waals surface area contributed by atoms with Crippen LogP contribution in [0.5, 0.6) is 0 Å². The summed E-state index contributed by atoms with van der Waals surface area (Å²) in [6.07, 6.45) is 3.81. The number of carbonyl (C=O) groups is 3. The Morgan fingerprint density at radius 1 is 1.27 bits per heavy atom. The summed E-state index contributed by atoms with van der Waals surface area (Å²) in [5.41, 5.74) is 0.565. The number of hydrogen-bond acceptors (Lipinski definition) is 6. The van der Waals surface area contributed by atoms with Crippen molar-refractivity contribution >= 4 is 29.6 Å². The second-order valence-corrected chi connectivity index (χ2v) is 6.56. The molecule has 1 fully saturated rings. The van der Waals surface area contributed by atoms with Crippen LogP contribution in [0.1, 0.15) is 39.0 Å². The third kappa shape index (κ3) is 3.82. The maximum absolute atomic E-state index is 12.2. The second kappa shape index (κ2) is 7.67. The summed E-state index contributed by atoms with van der Waals surface area (Å²) < 4.78 is 9.61. The molecule has 0 aromatic heterocycles. The lowest BCUT2D eigenvalue weighted by Gasteiger charge is -2.25. The Bertz CT molecular complexity index is 502. The van der Waals surface area contributed by atoms with Gasteiger partial charge in [0, 0.05) is 11.2 Å². The average Bonchev–Trinajstić information content (AvgIpc) is 2.84. The predicted octanol–water partition coefficient (Wildman–Crippen LogP) is 1.75. The van der Waals surface area contributed by atoms with Crippen molar-refractivity contribution in [2.75, 3.05) is 13.7 Å². The molecule has 1 aliphatic carbocycles. The van der Waals surface area contributed by atoms with E-state index >= 15 is 0 Å². The number of amides is 1. The summed E-state index contributed by atoms with van der Waals surface area (Å²) in [6, 6.07) is 0. The monoisotopic (exact) mass is 327 g/mol. The maximum atomic E-state index is 12.2. The van der Waals surface area contributed by atoms with Crippen molar-refractivity contribution < 1.29 is 23.9 Å².